The highest BCUT2D eigenvalue weighted by Gasteiger charge is 2.15. The predicted octanol–water partition coefficient (Wildman–Crippen LogP) is 15.7. The Labute approximate surface area is 330 Å². The Hall–Kier alpha value is -6.38. The number of hydrogen-bond donors (Lipinski definition) is 0. The van der Waals surface area contributed by atoms with Crippen LogP contribution in [-0.2, 0) is 0 Å². The summed E-state index contributed by atoms with van der Waals surface area (Å²) in [6, 6.07) is 69.6. The lowest BCUT2D eigenvalue weighted by atomic mass is 9.84. The van der Waals surface area contributed by atoms with E-state index >= 15 is 0 Å². The molecule has 8 aromatic carbocycles. The monoisotopic (exact) mass is 732 g/mol. The lowest BCUT2D eigenvalue weighted by Gasteiger charge is -2.22. The molecule has 0 heterocycles. The van der Waals surface area contributed by atoms with Gasteiger partial charge in [-0.25, -0.2) is 8.78 Å². The highest BCUT2D eigenvalue weighted by atomic mass is 19.1. The van der Waals surface area contributed by atoms with Gasteiger partial charge in [-0.15, -0.1) is 0 Å². The van der Waals surface area contributed by atoms with E-state index in [1.807, 2.05) is 121 Å². The van der Waals surface area contributed by atoms with Crippen molar-refractivity contribution in [2.24, 2.45) is 0 Å². The smallest absolute Gasteiger partial charge is 0.131 e. The van der Waals surface area contributed by atoms with Crippen molar-refractivity contribution in [2.45, 2.75) is 38.0 Å². The Morgan fingerprint density at radius 1 is 0.286 bits per heavy atom. The van der Waals surface area contributed by atoms with Gasteiger partial charge in [0, 0.05) is 11.1 Å². The molecule has 0 aromatic heterocycles. The van der Waals surface area contributed by atoms with Crippen LogP contribution in [0.1, 0.15) is 43.6 Å². The summed E-state index contributed by atoms with van der Waals surface area (Å²) < 4.78 is 27.9. The molecule has 0 bridgehead atoms. The van der Waals surface area contributed by atoms with E-state index in [9.17, 15) is 8.78 Å². The third-order valence-corrected chi connectivity index (χ3v) is 10.4. The average molecular weight is 733 g/mol. The Balaban J connectivity index is 0.000000129. The molecule has 56 heavy (non-hydrogen) atoms. The summed E-state index contributed by atoms with van der Waals surface area (Å²) in [5.41, 5.74) is 11.5. The molecule has 0 radical (unpaired) electrons. The number of rotatable bonds is 6. The second-order valence-corrected chi connectivity index (χ2v) is 14.2. The minimum Gasteiger partial charge on any atom is -0.206 e. The zero-order valence-electron chi connectivity index (χ0n) is 31.6. The van der Waals surface area contributed by atoms with Crippen LogP contribution in [0.15, 0.2) is 212 Å². The molecule has 0 unspecified atom stereocenters. The minimum absolute atomic E-state index is 0.185. The van der Waals surface area contributed by atoms with Crippen molar-refractivity contribution in [1.29, 1.82) is 0 Å². The molecular weight excluding hydrogens is 687 g/mol. The molecule has 0 spiro atoms. The SMILES string of the molecule is Fc1cc(-c2ccccc2)ccc1-c1ccccc1.Fc1ccccc1-c1ccc(-c2ccccc2)cc1.c1ccc(-c2ccc(C3CCCCC3)cc2)cc1. The predicted molar refractivity (Wildman–Crippen MR) is 232 cm³/mol. The summed E-state index contributed by atoms with van der Waals surface area (Å²) in [6.07, 6.45) is 7.00. The molecule has 1 aliphatic carbocycles. The molecule has 0 nitrogen and oxygen atoms in total. The topological polar surface area (TPSA) is 0 Å². The van der Waals surface area contributed by atoms with Crippen LogP contribution < -0.4 is 0 Å². The number of benzene rings is 8. The van der Waals surface area contributed by atoms with Gasteiger partial charge in [0.1, 0.15) is 11.6 Å². The van der Waals surface area contributed by atoms with Gasteiger partial charge >= 0.3 is 0 Å². The molecular formula is C54H46F2. The molecule has 0 saturated heterocycles. The molecule has 1 aliphatic rings. The van der Waals surface area contributed by atoms with Crippen LogP contribution in [0.5, 0.6) is 0 Å². The van der Waals surface area contributed by atoms with E-state index in [-0.39, 0.29) is 11.6 Å². The molecule has 276 valence electrons. The first-order valence-corrected chi connectivity index (χ1v) is 19.6. The summed E-state index contributed by atoms with van der Waals surface area (Å²) in [5, 5.41) is 0. The zero-order valence-corrected chi connectivity index (χ0v) is 31.6. The van der Waals surface area contributed by atoms with Crippen molar-refractivity contribution in [3.63, 3.8) is 0 Å². The van der Waals surface area contributed by atoms with Crippen LogP contribution in [0.2, 0.25) is 0 Å². The lowest BCUT2D eigenvalue weighted by Crippen LogP contribution is -2.04. The quantitative estimate of drug-likeness (QED) is 0.160. The maximum Gasteiger partial charge on any atom is 0.131 e. The fraction of sp³-hybridized carbons (Fsp3) is 0.111. The van der Waals surface area contributed by atoms with Crippen molar-refractivity contribution < 1.29 is 8.78 Å². The Morgan fingerprint density at radius 3 is 1.14 bits per heavy atom. The van der Waals surface area contributed by atoms with Crippen LogP contribution >= 0.6 is 0 Å². The molecule has 0 aliphatic heterocycles. The lowest BCUT2D eigenvalue weighted by molar-refractivity contribution is 0.443. The second-order valence-electron chi connectivity index (χ2n) is 14.2. The molecule has 1 saturated carbocycles. The Kier molecular flexibility index (Phi) is 13.1. The second kappa shape index (κ2) is 19.3. The third-order valence-electron chi connectivity index (χ3n) is 10.4. The Bertz CT molecular complexity index is 2360. The van der Waals surface area contributed by atoms with Gasteiger partial charge in [0.25, 0.3) is 0 Å². The van der Waals surface area contributed by atoms with Gasteiger partial charge in [-0.3, -0.25) is 0 Å². The highest BCUT2D eigenvalue weighted by molar-refractivity contribution is 5.72. The van der Waals surface area contributed by atoms with Gasteiger partial charge in [0.15, 0.2) is 0 Å². The minimum atomic E-state index is -0.187. The van der Waals surface area contributed by atoms with Crippen LogP contribution in [0.4, 0.5) is 8.78 Å². The summed E-state index contributed by atoms with van der Waals surface area (Å²) in [4.78, 5) is 0. The first kappa shape index (κ1) is 37.9. The largest absolute Gasteiger partial charge is 0.206 e. The van der Waals surface area contributed by atoms with Crippen molar-refractivity contribution in [1.82, 2.24) is 0 Å². The zero-order chi connectivity index (χ0) is 38.4. The number of hydrogen-bond acceptors (Lipinski definition) is 0. The van der Waals surface area contributed by atoms with Crippen molar-refractivity contribution in [3.05, 3.63) is 230 Å². The van der Waals surface area contributed by atoms with Crippen molar-refractivity contribution in [3.8, 4) is 55.6 Å². The van der Waals surface area contributed by atoms with E-state index in [0.29, 0.717) is 11.1 Å². The maximum atomic E-state index is 14.2. The molecule has 0 atom stereocenters. The molecule has 2 heteroatoms. The van der Waals surface area contributed by atoms with Gasteiger partial charge in [0.05, 0.1) is 0 Å². The molecule has 8 aromatic rings. The summed E-state index contributed by atoms with van der Waals surface area (Å²) in [6.45, 7) is 0. The normalized spacial score (nSPS) is 12.4. The number of halogens is 2. The van der Waals surface area contributed by atoms with Gasteiger partial charge in [0.2, 0.25) is 0 Å². The fourth-order valence-corrected chi connectivity index (χ4v) is 7.36. The fourth-order valence-electron chi connectivity index (χ4n) is 7.36. The van der Waals surface area contributed by atoms with Gasteiger partial charge < -0.3 is 0 Å². The van der Waals surface area contributed by atoms with E-state index in [1.165, 1.54) is 60.4 Å². The van der Waals surface area contributed by atoms with Gasteiger partial charge in [-0.1, -0.05) is 219 Å². The van der Waals surface area contributed by atoms with Crippen LogP contribution in [0, 0.1) is 11.6 Å². The maximum absolute atomic E-state index is 14.2. The van der Waals surface area contributed by atoms with Crippen molar-refractivity contribution in [2.75, 3.05) is 0 Å². The van der Waals surface area contributed by atoms with Crippen LogP contribution in [0.3, 0.4) is 0 Å². The third kappa shape index (κ3) is 10.0. The standard InChI is InChI=1S/2C18H13F.C18H20/c19-18-13-16(14-7-3-1-4-8-14)11-12-17(18)15-9-5-2-6-10-15;19-18-9-5-4-8-17(18)16-12-10-15(11-13-16)14-6-2-1-3-7-14;1-3-7-15(8-4-1)17-11-13-18(14-12-17)16-9-5-2-6-10-16/h2*1-13H;1,3-4,7-8,11-14,16H,2,5-6,9-10H2. The van der Waals surface area contributed by atoms with E-state index in [2.05, 4.69) is 66.7 Å². The van der Waals surface area contributed by atoms with Crippen LogP contribution in [0.25, 0.3) is 55.6 Å². The summed E-state index contributed by atoms with van der Waals surface area (Å²) >= 11 is 0. The van der Waals surface area contributed by atoms with E-state index in [0.717, 1.165) is 33.7 Å². The van der Waals surface area contributed by atoms with Gasteiger partial charge in [-0.05, 0) is 81.0 Å². The molecule has 0 amide bonds. The average Bonchev–Trinajstić information content (AvgIpc) is 3.29. The first-order valence-electron chi connectivity index (χ1n) is 19.6. The summed E-state index contributed by atoms with van der Waals surface area (Å²) in [5.74, 6) is 0.436. The highest BCUT2D eigenvalue weighted by Crippen LogP contribution is 2.34. The van der Waals surface area contributed by atoms with E-state index < -0.39 is 0 Å². The van der Waals surface area contributed by atoms with E-state index in [1.54, 1.807) is 18.2 Å². The van der Waals surface area contributed by atoms with E-state index in [4.69, 9.17) is 0 Å². The molecule has 1 fully saturated rings. The van der Waals surface area contributed by atoms with Gasteiger partial charge in [-0.2, -0.15) is 0 Å². The van der Waals surface area contributed by atoms with Crippen LogP contribution in [-0.4, -0.2) is 0 Å². The van der Waals surface area contributed by atoms with Crippen molar-refractivity contribution >= 4 is 0 Å². The Morgan fingerprint density at radius 2 is 0.643 bits per heavy atom. The summed E-state index contributed by atoms with van der Waals surface area (Å²) in [7, 11) is 0. The first-order chi connectivity index (χ1) is 27.6. The molecule has 9 rings (SSSR count). The molecule has 0 N–H and O–H groups in total.